The van der Waals surface area contributed by atoms with E-state index < -0.39 is 0 Å². The zero-order valence-corrected chi connectivity index (χ0v) is 11.6. The van der Waals surface area contributed by atoms with Crippen molar-refractivity contribution < 1.29 is 0 Å². The minimum Gasteiger partial charge on any atom is -0.336 e. The molecule has 8 heteroatoms. The Bertz CT molecular complexity index is 635. The van der Waals surface area contributed by atoms with E-state index in [0.717, 1.165) is 0 Å². The number of nitriles is 1. The zero-order valence-electron chi connectivity index (χ0n) is 10.8. The molecule has 0 aromatic carbocycles. The molecule has 2 rings (SSSR count). The molecule has 0 atom stereocenters. The molecule has 0 aliphatic heterocycles. The third-order valence-corrected chi connectivity index (χ3v) is 3.25. The van der Waals surface area contributed by atoms with Crippen molar-refractivity contribution in [2.45, 2.75) is 36.4 Å². The molecule has 7 nitrogen and oxygen atoms in total. The lowest BCUT2D eigenvalue weighted by Crippen LogP contribution is -2.24. The van der Waals surface area contributed by atoms with Gasteiger partial charge in [-0.2, -0.15) is 5.26 Å². The van der Waals surface area contributed by atoms with Gasteiger partial charge in [0.2, 0.25) is 5.16 Å². The normalized spacial score (nSPS) is 11.3. The first-order valence-corrected chi connectivity index (χ1v) is 6.35. The minimum atomic E-state index is -0.207. The largest absolute Gasteiger partial charge is 0.336 e. The molecular weight excluding hydrogens is 262 g/mol. The number of hydrogen-bond donors (Lipinski definition) is 1. The van der Waals surface area contributed by atoms with Gasteiger partial charge in [-0.3, -0.25) is 0 Å². The van der Waals surface area contributed by atoms with Crippen molar-refractivity contribution in [3.8, 4) is 6.07 Å². The molecule has 0 saturated carbocycles. The van der Waals surface area contributed by atoms with Crippen molar-refractivity contribution in [2.75, 3.05) is 5.84 Å². The summed E-state index contributed by atoms with van der Waals surface area (Å²) in [5, 5.41) is 18.0. The molecule has 0 saturated heterocycles. The molecule has 0 aliphatic carbocycles. The standard InChI is InChI=1S/C11H13N7S/c1-11(2,3)9-16-17-10(18(9)13)19-8-7(6-12)14-4-5-15-8/h4-5H,13H2,1-3H3. The van der Waals surface area contributed by atoms with Crippen LogP contribution in [-0.2, 0) is 5.41 Å². The van der Waals surface area contributed by atoms with Gasteiger partial charge in [0, 0.05) is 17.8 Å². The van der Waals surface area contributed by atoms with Crippen LogP contribution in [0.5, 0.6) is 0 Å². The van der Waals surface area contributed by atoms with E-state index in [-0.39, 0.29) is 11.1 Å². The van der Waals surface area contributed by atoms with Gasteiger partial charge in [0.15, 0.2) is 11.5 Å². The van der Waals surface area contributed by atoms with Gasteiger partial charge < -0.3 is 5.84 Å². The van der Waals surface area contributed by atoms with Crippen LogP contribution in [0.25, 0.3) is 0 Å². The highest BCUT2D eigenvalue weighted by Crippen LogP contribution is 2.28. The Labute approximate surface area is 114 Å². The Kier molecular flexibility index (Phi) is 3.40. The van der Waals surface area contributed by atoms with Crippen LogP contribution in [0.3, 0.4) is 0 Å². The van der Waals surface area contributed by atoms with E-state index in [1.54, 1.807) is 0 Å². The Morgan fingerprint density at radius 3 is 2.53 bits per heavy atom. The van der Waals surface area contributed by atoms with Crippen molar-refractivity contribution >= 4 is 11.8 Å². The molecule has 2 heterocycles. The third kappa shape index (κ3) is 2.66. The summed E-state index contributed by atoms with van der Waals surface area (Å²) in [7, 11) is 0. The Morgan fingerprint density at radius 1 is 1.26 bits per heavy atom. The van der Waals surface area contributed by atoms with Crippen molar-refractivity contribution in [3.63, 3.8) is 0 Å². The first kappa shape index (κ1) is 13.3. The van der Waals surface area contributed by atoms with Crippen LogP contribution in [0, 0.1) is 11.3 Å². The maximum Gasteiger partial charge on any atom is 0.216 e. The summed E-state index contributed by atoms with van der Waals surface area (Å²) in [5.41, 5.74) is 0.0360. The maximum atomic E-state index is 8.96. The smallest absolute Gasteiger partial charge is 0.216 e. The fraction of sp³-hybridized carbons (Fsp3) is 0.364. The predicted octanol–water partition coefficient (Wildman–Crippen LogP) is 1.10. The summed E-state index contributed by atoms with van der Waals surface area (Å²) in [6.07, 6.45) is 2.99. The van der Waals surface area contributed by atoms with Crippen LogP contribution in [0.15, 0.2) is 22.6 Å². The quantitative estimate of drug-likeness (QED) is 0.818. The summed E-state index contributed by atoms with van der Waals surface area (Å²) in [5.74, 6) is 6.63. The number of nitrogens with two attached hydrogens (primary N) is 1. The molecule has 0 aliphatic rings. The van der Waals surface area contributed by atoms with Crippen LogP contribution in [-0.4, -0.2) is 24.8 Å². The Balaban J connectivity index is 2.36. The zero-order chi connectivity index (χ0) is 14.0. The molecule has 0 radical (unpaired) electrons. The highest BCUT2D eigenvalue weighted by atomic mass is 32.2. The molecule has 2 aromatic heterocycles. The minimum absolute atomic E-state index is 0.207. The predicted molar refractivity (Wildman–Crippen MR) is 69.7 cm³/mol. The summed E-state index contributed by atoms with van der Waals surface area (Å²) in [6, 6.07) is 1.98. The lowest BCUT2D eigenvalue weighted by Gasteiger charge is -2.16. The lowest BCUT2D eigenvalue weighted by atomic mass is 9.96. The second-order valence-corrected chi connectivity index (χ2v) is 5.81. The van der Waals surface area contributed by atoms with E-state index in [4.69, 9.17) is 11.1 Å². The maximum absolute atomic E-state index is 8.96. The van der Waals surface area contributed by atoms with Gasteiger partial charge in [0.05, 0.1) is 0 Å². The highest BCUT2D eigenvalue weighted by molar-refractivity contribution is 7.99. The van der Waals surface area contributed by atoms with Crippen molar-refractivity contribution in [1.82, 2.24) is 24.8 Å². The van der Waals surface area contributed by atoms with Crippen LogP contribution >= 0.6 is 11.8 Å². The number of nitrogens with zero attached hydrogens (tertiary/aromatic N) is 6. The number of rotatable bonds is 2. The van der Waals surface area contributed by atoms with Gasteiger partial charge in [-0.1, -0.05) is 20.8 Å². The topological polar surface area (TPSA) is 106 Å². The number of hydrogen-bond acceptors (Lipinski definition) is 7. The fourth-order valence-electron chi connectivity index (χ4n) is 1.42. The van der Waals surface area contributed by atoms with Gasteiger partial charge in [0.25, 0.3) is 0 Å². The van der Waals surface area contributed by atoms with E-state index >= 15 is 0 Å². The SMILES string of the molecule is CC(C)(C)c1nnc(Sc2nccnc2C#N)n1N. The van der Waals surface area contributed by atoms with Gasteiger partial charge in [-0.15, -0.1) is 10.2 Å². The van der Waals surface area contributed by atoms with E-state index in [2.05, 4.69) is 20.2 Å². The summed E-state index contributed by atoms with van der Waals surface area (Å²) in [4.78, 5) is 8.03. The van der Waals surface area contributed by atoms with E-state index in [0.29, 0.717) is 16.0 Å². The molecule has 0 fully saturated rings. The van der Waals surface area contributed by atoms with Crippen LogP contribution < -0.4 is 5.84 Å². The van der Waals surface area contributed by atoms with Crippen molar-refractivity contribution in [2.24, 2.45) is 0 Å². The molecule has 0 amide bonds. The van der Waals surface area contributed by atoms with Crippen LogP contribution in [0.2, 0.25) is 0 Å². The molecule has 0 spiro atoms. The molecule has 0 unspecified atom stereocenters. The second kappa shape index (κ2) is 4.85. The number of nitrogen functional groups attached to an aromatic ring is 1. The Hall–Kier alpha value is -2.14. The summed E-state index contributed by atoms with van der Waals surface area (Å²) in [6.45, 7) is 5.99. The molecule has 19 heavy (non-hydrogen) atoms. The molecule has 0 bridgehead atoms. The first-order chi connectivity index (χ1) is 8.93. The summed E-state index contributed by atoms with van der Waals surface area (Å²) >= 11 is 1.17. The van der Waals surface area contributed by atoms with Crippen LogP contribution in [0.4, 0.5) is 0 Å². The monoisotopic (exact) mass is 275 g/mol. The van der Waals surface area contributed by atoms with Gasteiger partial charge in [0.1, 0.15) is 11.1 Å². The summed E-state index contributed by atoms with van der Waals surface area (Å²) < 4.78 is 1.42. The molecule has 2 N–H and O–H groups in total. The third-order valence-electron chi connectivity index (χ3n) is 2.29. The van der Waals surface area contributed by atoms with Crippen molar-refractivity contribution in [1.29, 1.82) is 5.26 Å². The van der Waals surface area contributed by atoms with Gasteiger partial charge >= 0.3 is 0 Å². The second-order valence-electron chi connectivity index (χ2n) is 4.85. The average Bonchev–Trinajstić information content (AvgIpc) is 2.71. The fourth-order valence-corrected chi connectivity index (χ4v) is 2.17. The lowest BCUT2D eigenvalue weighted by molar-refractivity contribution is 0.523. The van der Waals surface area contributed by atoms with E-state index in [1.807, 2.05) is 26.8 Å². The molecular formula is C11H13N7S. The number of aromatic nitrogens is 5. The van der Waals surface area contributed by atoms with E-state index in [1.165, 1.54) is 28.8 Å². The molecule has 2 aromatic rings. The van der Waals surface area contributed by atoms with Gasteiger partial charge in [-0.05, 0) is 11.8 Å². The van der Waals surface area contributed by atoms with Crippen LogP contribution in [0.1, 0.15) is 32.3 Å². The van der Waals surface area contributed by atoms with Crippen molar-refractivity contribution in [3.05, 3.63) is 23.9 Å². The average molecular weight is 275 g/mol. The molecule has 98 valence electrons. The first-order valence-electron chi connectivity index (χ1n) is 5.53. The van der Waals surface area contributed by atoms with E-state index in [9.17, 15) is 0 Å². The Morgan fingerprint density at radius 2 is 1.95 bits per heavy atom. The van der Waals surface area contributed by atoms with Gasteiger partial charge in [-0.25, -0.2) is 14.6 Å². The highest BCUT2D eigenvalue weighted by Gasteiger charge is 2.23.